The van der Waals surface area contributed by atoms with Crippen molar-refractivity contribution in [3.63, 3.8) is 0 Å². The van der Waals surface area contributed by atoms with E-state index in [2.05, 4.69) is 27.5 Å². The average molecular weight is 444 g/mol. The molecule has 0 heterocycles. The summed E-state index contributed by atoms with van der Waals surface area (Å²) < 4.78 is 27.7. The summed E-state index contributed by atoms with van der Waals surface area (Å²) in [4.78, 5) is 23.8. The second-order valence-electron chi connectivity index (χ2n) is 8.12. The fourth-order valence-corrected chi connectivity index (χ4v) is 5.30. The molecule has 1 atom stereocenters. The van der Waals surface area contributed by atoms with Gasteiger partial charge in [0.15, 0.2) is 0 Å². The maximum Gasteiger partial charge on any atom is 0.241 e. The highest BCUT2D eigenvalue weighted by molar-refractivity contribution is 7.89. The van der Waals surface area contributed by atoms with E-state index in [1.165, 1.54) is 43.7 Å². The Morgan fingerprint density at radius 1 is 1.00 bits per heavy atom. The number of hydrogen-bond donors (Lipinski definition) is 3. The summed E-state index contributed by atoms with van der Waals surface area (Å²) in [5.41, 5.74) is 1.61. The van der Waals surface area contributed by atoms with E-state index < -0.39 is 16.1 Å². The Kier molecular flexibility index (Phi) is 7.12. The van der Waals surface area contributed by atoms with Crippen LogP contribution in [0.15, 0.2) is 59.5 Å². The zero-order chi connectivity index (χ0) is 22.5. The highest BCUT2D eigenvalue weighted by atomic mass is 32.2. The van der Waals surface area contributed by atoms with Crippen molar-refractivity contribution in [2.45, 2.75) is 55.9 Å². The lowest BCUT2D eigenvalue weighted by atomic mass is 9.79. The predicted octanol–water partition coefficient (Wildman–Crippen LogP) is 2.94. The van der Waals surface area contributed by atoms with Crippen LogP contribution in [-0.4, -0.2) is 32.8 Å². The third kappa shape index (κ3) is 5.71. The summed E-state index contributed by atoms with van der Waals surface area (Å²) in [6, 6.07) is 15.0. The molecule has 1 aliphatic carbocycles. The lowest BCUT2D eigenvalue weighted by Crippen LogP contribution is -2.48. The van der Waals surface area contributed by atoms with E-state index >= 15 is 0 Å². The number of carbonyl (C=O) groups is 2. The van der Waals surface area contributed by atoms with Crippen LogP contribution in [-0.2, 0) is 25.0 Å². The second-order valence-corrected chi connectivity index (χ2v) is 9.83. The van der Waals surface area contributed by atoms with Crippen LogP contribution >= 0.6 is 0 Å². The third-order valence-electron chi connectivity index (χ3n) is 5.76. The Balaban J connectivity index is 1.62. The zero-order valence-electron chi connectivity index (χ0n) is 17.9. The molecular weight excluding hydrogens is 414 g/mol. The molecule has 2 aromatic rings. The Morgan fingerprint density at radius 2 is 1.61 bits per heavy atom. The molecule has 0 aliphatic heterocycles. The molecule has 1 fully saturated rings. The Morgan fingerprint density at radius 3 is 2.19 bits per heavy atom. The van der Waals surface area contributed by atoms with Crippen molar-refractivity contribution < 1.29 is 18.0 Å². The lowest BCUT2D eigenvalue weighted by molar-refractivity contribution is -0.122. The molecule has 31 heavy (non-hydrogen) atoms. The van der Waals surface area contributed by atoms with Crippen LogP contribution in [0, 0.1) is 0 Å². The predicted molar refractivity (Wildman–Crippen MR) is 120 cm³/mol. The van der Waals surface area contributed by atoms with Crippen molar-refractivity contribution >= 4 is 27.5 Å². The van der Waals surface area contributed by atoms with Gasteiger partial charge in [0.1, 0.15) is 0 Å². The number of anilines is 1. The van der Waals surface area contributed by atoms with E-state index in [4.69, 9.17) is 0 Å². The number of hydrogen-bond acceptors (Lipinski definition) is 4. The average Bonchev–Trinajstić information content (AvgIpc) is 3.22. The van der Waals surface area contributed by atoms with Gasteiger partial charge in [-0.25, -0.2) is 8.42 Å². The second kappa shape index (κ2) is 9.62. The zero-order valence-corrected chi connectivity index (χ0v) is 18.7. The minimum Gasteiger partial charge on any atom is -0.354 e. The first-order valence-corrected chi connectivity index (χ1v) is 11.9. The van der Waals surface area contributed by atoms with Gasteiger partial charge in [0, 0.05) is 24.6 Å². The summed E-state index contributed by atoms with van der Waals surface area (Å²) >= 11 is 0. The van der Waals surface area contributed by atoms with Gasteiger partial charge in [-0.2, -0.15) is 4.72 Å². The summed E-state index contributed by atoms with van der Waals surface area (Å²) in [5.74, 6) is -0.602. The van der Waals surface area contributed by atoms with Crippen molar-refractivity contribution in [3.05, 3.63) is 60.2 Å². The van der Waals surface area contributed by atoms with Crippen LogP contribution in [0.3, 0.4) is 0 Å². The number of sulfonamides is 1. The summed E-state index contributed by atoms with van der Waals surface area (Å²) in [6.45, 7) is 3.38. The maximum atomic E-state index is 12.7. The Hall–Kier alpha value is -2.71. The minimum absolute atomic E-state index is 0.0257. The van der Waals surface area contributed by atoms with Crippen molar-refractivity contribution in [1.82, 2.24) is 10.0 Å². The number of nitrogens with one attached hydrogen (secondary N) is 3. The van der Waals surface area contributed by atoms with E-state index in [-0.39, 0.29) is 22.1 Å². The van der Waals surface area contributed by atoms with Crippen molar-refractivity contribution in [3.8, 4) is 0 Å². The molecule has 166 valence electrons. The molecular formula is C23H29N3O4S. The van der Waals surface area contributed by atoms with Crippen LogP contribution in [0.5, 0.6) is 0 Å². The molecule has 1 aliphatic rings. The fraction of sp³-hybridized carbons (Fsp3) is 0.391. The van der Waals surface area contributed by atoms with Gasteiger partial charge in [-0.05, 0) is 49.6 Å². The Bertz CT molecular complexity index is 1010. The van der Waals surface area contributed by atoms with Gasteiger partial charge in [0.05, 0.1) is 10.9 Å². The molecule has 0 spiro atoms. The monoisotopic (exact) mass is 443 g/mol. The van der Waals surface area contributed by atoms with Gasteiger partial charge >= 0.3 is 0 Å². The van der Waals surface area contributed by atoms with Crippen molar-refractivity contribution in [1.29, 1.82) is 0 Å². The normalized spacial score (nSPS) is 16.5. The molecule has 1 saturated carbocycles. The number of rotatable bonds is 8. The molecule has 8 heteroatoms. The fourth-order valence-electron chi connectivity index (χ4n) is 4.10. The SMILES string of the molecule is CC(=O)Nc1ccc(S(=O)(=O)N[C@@H](C)C(=O)NCC2(c3ccccc3)CCCC2)cc1. The van der Waals surface area contributed by atoms with Crippen molar-refractivity contribution in [2.75, 3.05) is 11.9 Å². The molecule has 2 amide bonds. The van der Waals surface area contributed by atoms with E-state index in [1.807, 2.05) is 18.2 Å². The first-order valence-electron chi connectivity index (χ1n) is 10.5. The van der Waals surface area contributed by atoms with Gasteiger partial charge < -0.3 is 10.6 Å². The standard InChI is InChI=1S/C23H29N3O4S/c1-17(26-31(29,30)21-12-10-20(11-13-21)25-18(2)27)22(28)24-16-23(14-6-7-15-23)19-8-4-3-5-9-19/h3-5,8-13,17,26H,6-7,14-16H2,1-2H3,(H,24,28)(H,25,27)/t17-/m0/s1. The minimum atomic E-state index is -3.88. The lowest BCUT2D eigenvalue weighted by Gasteiger charge is -2.30. The molecule has 0 unspecified atom stereocenters. The largest absolute Gasteiger partial charge is 0.354 e. The van der Waals surface area contributed by atoms with E-state index in [0.717, 1.165) is 25.7 Å². The molecule has 7 nitrogen and oxygen atoms in total. The van der Waals surface area contributed by atoms with Gasteiger partial charge in [0.25, 0.3) is 0 Å². The maximum absolute atomic E-state index is 12.7. The first-order chi connectivity index (χ1) is 14.7. The Labute approximate surface area is 183 Å². The summed E-state index contributed by atoms with van der Waals surface area (Å²) in [6.07, 6.45) is 4.22. The molecule has 0 saturated heterocycles. The topological polar surface area (TPSA) is 104 Å². The van der Waals surface area contributed by atoms with Crippen LogP contribution in [0.1, 0.15) is 45.1 Å². The molecule has 3 rings (SSSR count). The molecule has 3 N–H and O–H groups in total. The molecule has 0 radical (unpaired) electrons. The van der Waals surface area contributed by atoms with Gasteiger partial charge in [-0.15, -0.1) is 0 Å². The number of carbonyl (C=O) groups excluding carboxylic acids is 2. The molecule has 0 bridgehead atoms. The van der Waals surface area contributed by atoms with Crippen LogP contribution in [0.4, 0.5) is 5.69 Å². The highest BCUT2D eigenvalue weighted by Crippen LogP contribution is 2.40. The van der Waals surface area contributed by atoms with E-state index in [1.54, 1.807) is 0 Å². The third-order valence-corrected chi connectivity index (χ3v) is 7.31. The van der Waals surface area contributed by atoms with Crippen LogP contribution in [0.2, 0.25) is 0 Å². The first kappa shape index (κ1) is 23.0. The van der Waals surface area contributed by atoms with E-state index in [0.29, 0.717) is 12.2 Å². The highest BCUT2D eigenvalue weighted by Gasteiger charge is 2.36. The van der Waals surface area contributed by atoms with E-state index in [9.17, 15) is 18.0 Å². The van der Waals surface area contributed by atoms with Crippen LogP contribution in [0.25, 0.3) is 0 Å². The van der Waals surface area contributed by atoms with Gasteiger partial charge in [-0.3, -0.25) is 9.59 Å². The number of amides is 2. The quantitative estimate of drug-likeness (QED) is 0.583. The number of benzene rings is 2. The van der Waals surface area contributed by atoms with Gasteiger partial charge in [-0.1, -0.05) is 43.2 Å². The van der Waals surface area contributed by atoms with Crippen LogP contribution < -0.4 is 15.4 Å². The summed E-state index contributed by atoms with van der Waals surface area (Å²) in [5, 5.41) is 5.54. The van der Waals surface area contributed by atoms with Gasteiger partial charge in [0.2, 0.25) is 21.8 Å². The van der Waals surface area contributed by atoms with Crippen molar-refractivity contribution in [2.24, 2.45) is 0 Å². The molecule has 0 aromatic heterocycles. The smallest absolute Gasteiger partial charge is 0.241 e. The summed E-state index contributed by atoms with van der Waals surface area (Å²) in [7, 11) is -3.88. The molecule has 2 aromatic carbocycles.